The summed E-state index contributed by atoms with van der Waals surface area (Å²) in [5, 5.41) is 0. The zero-order valence-electron chi connectivity index (χ0n) is 9.80. The van der Waals surface area contributed by atoms with E-state index in [-0.39, 0.29) is 13.0 Å². The number of nitrogens with two attached hydrogens (primary N) is 1. The van der Waals surface area contributed by atoms with Gasteiger partial charge in [0.15, 0.2) is 0 Å². The lowest BCUT2D eigenvalue weighted by atomic mass is 10.2. The highest BCUT2D eigenvalue weighted by atomic mass is 19.3. The molecule has 1 aliphatic heterocycles. The van der Waals surface area contributed by atoms with E-state index in [2.05, 4.69) is 0 Å². The van der Waals surface area contributed by atoms with Crippen LogP contribution in [0.4, 0.5) is 13.6 Å². The van der Waals surface area contributed by atoms with E-state index in [4.69, 9.17) is 10.5 Å². The molecule has 1 saturated heterocycles. The number of amides is 1. The molecule has 1 amide bonds. The maximum absolute atomic E-state index is 13.1. The Balaban J connectivity index is 2.69. The van der Waals surface area contributed by atoms with Crippen molar-refractivity contribution in [2.75, 3.05) is 13.1 Å². The molecule has 0 aromatic rings. The van der Waals surface area contributed by atoms with E-state index in [0.717, 1.165) is 4.90 Å². The minimum Gasteiger partial charge on any atom is -0.444 e. The van der Waals surface area contributed by atoms with Crippen LogP contribution in [-0.2, 0) is 4.74 Å². The number of halogens is 2. The van der Waals surface area contributed by atoms with E-state index >= 15 is 0 Å². The van der Waals surface area contributed by atoms with Gasteiger partial charge in [0.2, 0.25) is 0 Å². The van der Waals surface area contributed by atoms with Crippen molar-refractivity contribution in [3.8, 4) is 0 Å². The number of carbonyl (C=O) groups excluding carboxylic acids is 1. The van der Waals surface area contributed by atoms with Gasteiger partial charge in [-0.15, -0.1) is 0 Å². The second kappa shape index (κ2) is 4.16. The first-order chi connectivity index (χ1) is 7.14. The summed E-state index contributed by atoms with van der Waals surface area (Å²) in [4.78, 5) is 12.7. The molecule has 0 radical (unpaired) electrons. The average Bonchev–Trinajstić information content (AvgIpc) is 2.38. The Labute approximate surface area is 93.7 Å². The molecule has 1 atom stereocenters. The van der Waals surface area contributed by atoms with Crippen LogP contribution in [0.15, 0.2) is 0 Å². The molecular weight excluding hydrogens is 218 g/mol. The molecule has 0 bridgehead atoms. The van der Waals surface area contributed by atoms with Crippen LogP contribution >= 0.6 is 0 Å². The zero-order chi connectivity index (χ0) is 12.6. The van der Waals surface area contributed by atoms with E-state index in [1.165, 1.54) is 0 Å². The normalized spacial score (nSPS) is 24.6. The SMILES string of the molecule is CC(C)(C)OC(=O)N1CC(F)(F)CC1CN. The maximum Gasteiger partial charge on any atom is 0.410 e. The number of alkyl halides is 2. The highest BCUT2D eigenvalue weighted by Crippen LogP contribution is 2.32. The van der Waals surface area contributed by atoms with Crippen molar-refractivity contribution >= 4 is 6.09 Å². The predicted octanol–water partition coefficient (Wildman–Crippen LogP) is 1.59. The zero-order valence-corrected chi connectivity index (χ0v) is 9.80. The van der Waals surface area contributed by atoms with Crippen molar-refractivity contribution in [2.24, 2.45) is 5.73 Å². The summed E-state index contributed by atoms with van der Waals surface area (Å²) in [6.45, 7) is 4.49. The summed E-state index contributed by atoms with van der Waals surface area (Å²) >= 11 is 0. The van der Waals surface area contributed by atoms with Crippen molar-refractivity contribution in [3.05, 3.63) is 0 Å². The Morgan fingerprint density at radius 2 is 2.12 bits per heavy atom. The molecule has 1 fully saturated rings. The number of rotatable bonds is 1. The topological polar surface area (TPSA) is 55.6 Å². The van der Waals surface area contributed by atoms with Gasteiger partial charge in [-0.25, -0.2) is 13.6 Å². The van der Waals surface area contributed by atoms with Crippen LogP contribution in [-0.4, -0.2) is 41.6 Å². The van der Waals surface area contributed by atoms with E-state index in [1.807, 2.05) is 0 Å². The number of likely N-dealkylation sites (tertiary alicyclic amines) is 1. The number of ether oxygens (including phenoxy) is 1. The Morgan fingerprint density at radius 1 is 1.56 bits per heavy atom. The van der Waals surface area contributed by atoms with Crippen LogP contribution in [0, 0.1) is 0 Å². The first kappa shape index (κ1) is 13.2. The van der Waals surface area contributed by atoms with Gasteiger partial charge < -0.3 is 10.5 Å². The molecule has 6 heteroatoms. The van der Waals surface area contributed by atoms with Gasteiger partial charge in [-0.05, 0) is 20.8 Å². The van der Waals surface area contributed by atoms with E-state index in [0.29, 0.717) is 0 Å². The van der Waals surface area contributed by atoms with Crippen molar-refractivity contribution in [1.82, 2.24) is 4.90 Å². The molecule has 94 valence electrons. The summed E-state index contributed by atoms with van der Waals surface area (Å²) in [7, 11) is 0. The molecule has 1 rings (SSSR count). The second-order valence-electron chi connectivity index (χ2n) is 5.06. The van der Waals surface area contributed by atoms with Gasteiger partial charge in [0, 0.05) is 13.0 Å². The minimum atomic E-state index is -2.86. The molecule has 0 aliphatic carbocycles. The molecule has 0 spiro atoms. The van der Waals surface area contributed by atoms with E-state index in [1.54, 1.807) is 20.8 Å². The highest BCUT2D eigenvalue weighted by Gasteiger charge is 2.47. The molecule has 16 heavy (non-hydrogen) atoms. The van der Waals surface area contributed by atoms with Gasteiger partial charge in [0.1, 0.15) is 5.60 Å². The summed E-state index contributed by atoms with van der Waals surface area (Å²) in [5.74, 6) is -2.86. The Morgan fingerprint density at radius 3 is 2.56 bits per heavy atom. The van der Waals surface area contributed by atoms with Gasteiger partial charge in [-0.3, -0.25) is 4.90 Å². The summed E-state index contributed by atoms with van der Waals surface area (Å²) in [5.41, 5.74) is 4.68. The van der Waals surface area contributed by atoms with Crippen LogP contribution in [0.25, 0.3) is 0 Å². The van der Waals surface area contributed by atoms with E-state index in [9.17, 15) is 13.6 Å². The van der Waals surface area contributed by atoms with Crippen LogP contribution in [0.5, 0.6) is 0 Å². The molecule has 0 aromatic carbocycles. The van der Waals surface area contributed by atoms with Crippen molar-refractivity contribution in [3.63, 3.8) is 0 Å². The fourth-order valence-corrected chi connectivity index (χ4v) is 1.64. The van der Waals surface area contributed by atoms with Gasteiger partial charge in [-0.2, -0.15) is 0 Å². The molecule has 0 saturated carbocycles. The third kappa shape index (κ3) is 3.30. The summed E-state index contributed by atoms with van der Waals surface area (Å²) in [6.07, 6.45) is -1.11. The third-order valence-electron chi connectivity index (χ3n) is 2.28. The van der Waals surface area contributed by atoms with Gasteiger partial charge in [-0.1, -0.05) is 0 Å². The first-order valence-electron chi connectivity index (χ1n) is 5.22. The van der Waals surface area contributed by atoms with Gasteiger partial charge >= 0.3 is 6.09 Å². The van der Waals surface area contributed by atoms with Crippen LogP contribution in [0.1, 0.15) is 27.2 Å². The lowest BCUT2D eigenvalue weighted by Crippen LogP contribution is -2.43. The first-order valence-corrected chi connectivity index (χ1v) is 5.22. The highest BCUT2D eigenvalue weighted by molar-refractivity contribution is 5.69. The van der Waals surface area contributed by atoms with Crippen molar-refractivity contribution in [1.29, 1.82) is 0 Å². The predicted molar refractivity (Wildman–Crippen MR) is 55.3 cm³/mol. The Kier molecular flexibility index (Phi) is 3.42. The smallest absolute Gasteiger partial charge is 0.410 e. The van der Waals surface area contributed by atoms with Gasteiger partial charge in [0.25, 0.3) is 5.92 Å². The van der Waals surface area contributed by atoms with Gasteiger partial charge in [0.05, 0.1) is 12.6 Å². The number of carbonyl (C=O) groups is 1. The monoisotopic (exact) mass is 236 g/mol. The lowest BCUT2D eigenvalue weighted by Gasteiger charge is -2.27. The molecule has 1 aliphatic rings. The number of hydrogen-bond acceptors (Lipinski definition) is 3. The molecule has 2 N–H and O–H groups in total. The number of nitrogens with zero attached hydrogens (tertiary/aromatic N) is 1. The molecule has 1 heterocycles. The fourth-order valence-electron chi connectivity index (χ4n) is 1.64. The summed E-state index contributed by atoms with van der Waals surface area (Å²) in [6, 6.07) is -0.634. The second-order valence-corrected chi connectivity index (χ2v) is 5.06. The quantitative estimate of drug-likeness (QED) is 0.752. The van der Waals surface area contributed by atoms with E-state index < -0.39 is 30.2 Å². The fraction of sp³-hybridized carbons (Fsp3) is 0.900. The Bertz CT molecular complexity index is 276. The Hall–Kier alpha value is -0.910. The third-order valence-corrected chi connectivity index (χ3v) is 2.28. The van der Waals surface area contributed by atoms with Crippen LogP contribution in [0.2, 0.25) is 0 Å². The molecule has 0 aromatic heterocycles. The van der Waals surface area contributed by atoms with Crippen molar-refractivity contribution < 1.29 is 18.3 Å². The average molecular weight is 236 g/mol. The van der Waals surface area contributed by atoms with Crippen molar-refractivity contribution in [2.45, 2.75) is 44.8 Å². The maximum atomic E-state index is 13.1. The minimum absolute atomic E-state index is 0.0227. The molecular formula is C10H18F2N2O2. The lowest BCUT2D eigenvalue weighted by molar-refractivity contribution is -0.00236. The molecule has 1 unspecified atom stereocenters. The largest absolute Gasteiger partial charge is 0.444 e. The molecule has 4 nitrogen and oxygen atoms in total. The number of hydrogen-bond donors (Lipinski definition) is 1. The summed E-state index contributed by atoms with van der Waals surface area (Å²) < 4.78 is 31.3. The van der Waals surface area contributed by atoms with Crippen LogP contribution in [0.3, 0.4) is 0 Å². The standard InChI is InChI=1S/C10H18F2N2O2/c1-9(2,3)16-8(15)14-6-10(11,12)4-7(14)5-13/h7H,4-6,13H2,1-3H3. The van der Waals surface area contributed by atoms with Crippen LogP contribution < -0.4 is 5.73 Å².